The molecule has 4 heteroatoms. The maximum atomic E-state index is 8.78. The number of nitrogens with one attached hydrogen (secondary N) is 1. The molecule has 1 heterocycles. The summed E-state index contributed by atoms with van der Waals surface area (Å²) in [6, 6.07) is 3.77. The number of anilines is 1. The van der Waals surface area contributed by atoms with E-state index >= 15 is 0 Å². The van der Waals surface area contributed by atoms with Gasteiger partial charge in [-0.05, 0) is 35.0 Å². The average molecular weight is 231 g/mol. The van der Waals surface area contributed by atoms with Crippen molar-refractivity contribution in [1.29, 1.82) is 0 Å². The Balaban J connectivity index is 2.69. The van der Waals surface area contributed by atoms with Crippen LogP contribution in [0.2, 0.25) is 0 Å². The fourth-order valence-electron chi connectivity index (χ4n) is 0.771. The van der Waals surface area contributed by atoms with Gasteiger partial charge in [0.15, 0.2) is 0 Å². The zero-order chi connectivity index (χ0) is 8.97. The van der Waals surface area contributed by atoms with Crippen molar-refractivity contribution in [1.82, 2.24) is 4.98 Å². The molecule has 66 valence electrons. The number of aliphatic hydroxyl groups excluding tert-OH is 1. The summed E-state index contributed by atoms with van der Waals surface area (Å²) in [7, 11) is 0. The molecule has 0 amide bonds. The summed E-state index contributed by atoms with van der Waals surface area (Å²) in [6.45, 7) is 1.99. The van der Waals surface area contributed by atoms with Crippen LogP contribution < -0.4 is 5.32 Å². The fraction of sp³-hybridized carbons (Fsp3) is 0.375. The third-order valence-electron chi connectivity index (χ3n) is 1.42. The van der Waals surface area contributed by atoms with E-state index in [-0.39, 0.29) is 12.6 Å². The van der Waals surface area contributed by atoms with Crippen LogP contribution in [-0.2, 0) is 0 Å². The monoisotopic (exact) mass is 230 g/mol. The molecule has 0 spiro atoms. The molecule has 0 saturated carbocycles. The van der Waals surface area contributed by atoms with E-state index in [0.29, 0.717) is 0 Å². The molecule has 3 nitrogen and oxygen atoms in total. The number of pyridine rings is 1. The topological polar surface area (TPSA) is 45.1 Å². The molecule has 12 heavy (non-hydrogen) atoms. The van der Waals surface area contributed by atoms with E-state index in [9.17, 15) is 0 Å². The largest absolute Gasteiger partial charge is 0.394 e. The molecule has 0 aliphatic heterocycles. The van der Waals surface area contributed by atoms with E-state index in [4.69, 9.17) is 5.11 Å². The Hall–Kier alpha value is -0.610. The Kier molecular flexibility index (Phi) is 3.49. The minimum Gasteiger partial charge on any atom is -0.394 e. The summed E-state index contributed by atoms with van der Waals surface area (Å²) in [4.78, 5) is 4.10. The van der Waals surface area contributed by atoms with Gasteiger partial charge in [0.25, 0.3) is 0 Å². The maximum absolute atomic E-state index is 8.78. The molecule has 2 N–H and O–H groups in total. The Morgan fingerprint density at radius 1 is 1.75 bits per heavy atom. The second-order valence-corrected chi connectivity index (χ2v) is 3.42. The molecule has 0 aromatic carbocycles. The molecule has 0 radical (unpaired) electrons. The Bertz CT molecular complexity index is 255. The number of halogens is 1. The normalized spacial score (nSPS) is 12.6. The predicted octanol–water partition coefficient (Wildman–Crippen LogP) is 1.64. The molecular formula is C8H11BrN2O. The van der Waals surface area contributed by atoms with Gasteiger partial charge in [0.05, 0.1) is 11.1 Å². The summed E-state index contributed by atoms with van der Waals surface area (Å²) < 4.78 is 0.908. The lowest BCUT2D eigenvalue weighted by atomic mass is 10.3. The van der Waals surface area contributed by atoms with Crippen molar-refractivity contribution in [2.24, 2.45) is 0 Å². The predicted molar refractivity (Wildman–Crippen MR) is 52.1 cm³/mol. The van der Waals surface area contributed by atoms with E-state index in [1.807, 2.05) is 19.1 Å². The van der Waals surface area contributed by atoms with Crippen molar-refractivity contribution in [2.45, 2.75) is 13.0 Å². The minimum absolute atomic E-state index is 0.0243. The van der Waals surface area contributed by atoms with Crippen molar-refractivity contribution in [3.05, 3.63) is 22.8 Å². The summed E-state index contributed by atoms with van der Waals surface area (Å²) >= 11 is 3.35. The van der Waals surface area contributed by atoms with Crippen LogP contribution in [0.15, 0.2) is 22.8 Å². The number of aromatic nitrogens is 1. The first-order valence-corrected chi connectivity index (χ1v) is 4.51. The van der Waals surface area contributed by atoms with Crippen molar-refractivity contribution in [3.8, 4) is 0 Å². The number of nitrogens with zero attached hydrogens (tertiary/aromatic N) is 1. The molecule has 1 atom stereocenters. The van der Waals surface area contributed by atoms with Crippen LogP contribution in [0.1, 0.15) is 6.92 Å². The van der Waals surface area contributed by atoms with E-state index in [1.165, 1.54) is 0 Å². The highest BCUT2D eigenvalue weighted by Gasteiger charge is 2.03. The zero-order valence-corrected chi connectivity index (χ0v) is 8.37. The Morgan fingerprint density at radius 2 is 2.50 bits per heavy atom. The highest BCUT2D eigenvalue weighted by atomic mass is 79.9. The van der Waals surface area contributed by atoms with Gasteiger partial charge in [0.2, 0.25) is 0 Å². The Morgan fingerprint density at radius 3 is 3.08 bits per heavy atom. The molecule has 1 aromatic rings. The summed E-state index contributed by atoms with van der Waals surface area (Å²) in [5.41, 5.74) is 0. The van der Waals surface area contributed by atoms with Crippen LogP contribution in [0.5, 0.6) is 0 Å². The van der Waals surface area contributed by atoms with Gasteiger partial charge in [0, 0.05) is 12.2 Å². The quantitative estimate of drug-likeness (QED) is 0.831. The van der Waals surface area contributed by atoms with Crippen LogP contribution in [0, 0.1) is 0 Å². The second kappa shape index (κ2) is 4.42. The summed E-state index contributed by atoms with van der Waals surface area (Å²) in [5.74, 6) is 0.763. The van der Waals surface area contributed by atoms with Gasteiger partial charge >= 0.3 is 0 Å². The molecule has 0 aliphatic rings. The van der Waals surface area contributed by atoms with Crippen LogP contribution in [0.3, 0.4) is 0 Å². The van der Waals surface area contributed by atoms with Crippen LogP contribution in [0.25, 0.3) is 0 Å². The number of rotatable bonds is 3. The third-order valence-corrected chi connectivity index (χ3v) is 2.06. The molecule has 0 bridgehead atoms. The molecular weight excluding hydrogens is 220 g/mol. The van der Waals surface area contributed by atoms with Crippen molar-refractivity contribution < 1.29 is 5.11 Å². The second-order valence-electron chi connectivity index (χ2n) is 2.56. The number of aliphatic hydroxyl groups is 1. The first-order valence-electron chi connectivity index (χ1n) is 3.72. The molecule has 1 rings (SSSR count). The highest BCUT2D eigenvalue weighted by Crippen LogP contribution is 2.18. The molecule has 1 unspecified atom stereocenters. The molecule has 0 saturated heterocycles. The standard InChI is InChI=1S/C8H11BrN2O/c1-6(5-12)11-8-7(9)3-2-4-10-8/h2-4,6,12H,5H2,1H3,(H,10,11). The van der Waals surface area contributed by atoms with E-state index in [0.717, 1.165) is 10.3 Å². The van der Waals surface area contributed by atoms with Crippen LogP contribution in [0.4, 0.5) is 5.82 Å². The first-order chi connectivity index (χ1) is 5.74. The van der Waals surface area contributed by atoms with Gasteiger partial charge in [-0.1, -0.05) is 0 Å². The number of hydrogen-bond donors (Lipinski definition) is 2. The van der Waals surface area contributed by atoms with Crippen molar-refractivity contribution in [2.75, 3.05) is 11.9 Å². The van der Waals surface area contributed by atoms with Gasteiger partial charge in [-0.15, -0.1) is 0 Å². The van der Waals surface area contributed by atoms with E-state index < -0.39 is 0 Å². The van der Waals surface area contributed by atoms with Crippen molar-refractivity contribution in [3.63, 3.8) is 0 Å². The summed E-state index contributed by atoms with van der Waals surface area (Å²) in [5, 5.41) is 11.8. The van der Waals surface area contributed by atoms with Gasteiger partial charge in [0.1, 0.15) is 5.82 Å². The lowest BCUT2D eigenvalue weighted by Gasteiger charge is -2.11. The first kappa shape index (κ1) is 9.48. The molecule has 1 aromatic heterocycles. The lowest BCUT2D eigenvalue weighted by molar-refractivity contribution is 0.281. The van der Waals surface area contributed by atoms with E-state index in [1.54, 1.807) is 6.20 Å². The SMILES string of the molecule is CC(CO)Nc1ncccc1Br. The maximum Gasteiger partial charge on any atom is 0.140 e. The highest BCUT2D eigenvalue weighted by molar-refractivity contribution is 9.10. The lowest BCUT2D eigenvalue weighted by Crippen LogP contribution is -2.20. The zero-order valence-electron chi connectivity index (χ0n) is 6.79. The van der Waals surface area contributed by atoms with Gasteiger partial charge in [-0.25, -0.2) is 4.98 Å². The summed E-state index contributed by atoms with van der Waals surface area (Å²) in [6.07, 6.45) is 1.71. The van der Waals surface area contributed by atoms with Crippen LogP contribution in [-0.4, -0.2) is 22.7 Å². The van der Waals surface area contributed by atoms with Crippen LogP contribution >= 0.6 is 15.9 Å². The third kappa shape index (κ3) is 2.46. The minimum atomic E-state index is 0.0243. The molecule has 0 aliphatic carbocycles. The fourth-order valence-corrected chi connectivity index (χ4v) is 1.14. The average Bonchev–Trinajstić information content (AvgIpc) is 2.09. The van der Waals surface area contributed by atoms with E-state index in [2.05, 4.69) is 26.2 Å². The van der Waals surface area contributed by atoms with Crippen molar-refractivity contribution >= 4 is 21.7 Å². The molecule has 0 fully saturated rings. The number of hydrogen-bond acceptors (Lipinski definition) is 3. The van der Waals surface area contributed by atoms with Gasteiger partial charge < -0.3 is 10.4 Å². The van der Waals surface area contributed by atoms with Gasteiger partial charge in [-0.3, -0.25) is 0 Å². The smallest absolute Gasteiger partial charge is 0.140 e. The van der Waals surface area contributed by atoms with Gasteiger partial charge in [-0.2, -0.15) is 0 Å². The Labute approximate surface area is 80.0 Å².